The van der Waals surface area contributed by atoms with Crippen LogP contribution in [0.15, 0.2) is 170 Å². The molecular formula is C72H64N2O2. The average molecular weight is 989 g/mol. The number of nitrogens with zero attached hydrogens (tertiary/aromatic N) is 2. The van der Waals surface area contributed by atoms with Crippen LogP contribution in [-0.2, 0) is 0 Å². The number of aryl methyl sites for hydroxylation is 2. The lowest BCUT2D eigenvalue weighted by atomic mass is 10.0. The van der Waals surface area contributed by atoms with Crippen LogP contribution in [0.3, 0.4) is 0 Å². The Hall–Kier alpha value is -9.42. The third-order valence-corrected chi connectivity index (χ3v) is 12.4. The van der Waals surface area contributed by atoms with E-state index in [0.717, 1.165) is 75.0 Å². The molecule has 0 saturated heterocycles. The van der Waals surface area contributed by atoms with Crippen molar-refractivity contribution in [2.45, 2.75) is 85.0 Å². The van der Waals surface area contributed by atoms with Gasteiger partial charge >= 0.3 is 0 Å². The van der Waals surface area contributed by atoms with E-state index in [1.54, 1.807) is 0 Å². The van der Waals surface area contributed by atoms with Gasteiger partial charge in [0.1, 0.15) is 17.6 Å². The third-order valence-electron chi connectivity index (χ3n) is 12.4. The Morgan fingerprint density at radius 2 is 0.803 bits per heavy atom. The normalized spacial score (nSPS) is 10.2. The van der Waals surface area contributed by atoms with Gasteiger partial charge in [0.15, 0.2) is 0 Å². The van der Waals surface area contributed by atoms with Crippen LogP contribution in [0.4, 0.5) is 34.1 Å². The van der Waals surface area contributed by atoms with E-state index in [9.17, 15) is 0 Å². The average Bonchev–Trinajstić information content (AvgIpc) is 3.44. The largest absolute Gasteiger partial charge is 0.493 e. The van der Waals surface area contributed by atoms with E-state index >= 15 is 0 Å². The number of rotatable bonds is 23. The molecule has 4 nitrogen and oxygen atoms in total. The van der Waals surface area contributed by atoms with Crippen molar-refractivity contribution in [3.05, 3.63) is 203 Å². The highest BCUT2D eigenvalue weighted by Gasteiger charge is 2.15. The number of anilines is 6. The molecule has 374 valence electrons. The Kier molecular flexibility index (Phi) is 21.9. The van der Waals surface area contributed by atoms with E-state index in [1.165, 1.54) is 62.5 Å². The maximum absolute atomic E-state index is 6.69. The molecule has 0 fully saturated rings. The molecule has 0 aliphatic carbocycles. The highest BCUT2D eigenvalue weighted by molar-refractivity contribution is 5.82. The first-order chi connectivity index (χ1) is 37.5. The second kappa shape index (κ2) is 30.6. The molecule has 0 heterocycles. The van der Waals surface area contributed by atoms with Gasteiger partial charge in [0, 0.05) is 74.9 Å². The molecule has 4 heteroatoms. The fraction of sp³-hybridized carbons (Fsp3) is 0.194. The van der Waals surface area contributed by atoms with Crippen LogP contribution < -0.4 is 19.3 Å². The van der Waals surface area contributed by atoms with E-state index in [-0.39, 0.29) is 0 Å². The maximum atomic E-state index is 6.69. The van der Waals surface area contributed by atoms with Gasteiger partial charge in [0.2, 0.25) is 0 Å². The number of hydrogen-bond acceptors (Lipinski definition) is 4. The Bertz CT molecular complexity index is 3410. The predicted molar refractivity (Wildman–Crippen MR) is 322 cm³/mol. The number of benzene rings is 7. The molecule has 0 atom stereocenters. The van der Waals surface area contributed by atoms with Crippen molar-refractivity contribution in [3.8, 4) is 83.2 Å². The zero-order valence-corrected chi connectivity index (χ0v) is 44.0. The number of unbranched alkanes of at least 4 members (excludes halogenated alkanes) is 9. The van der Waals surface area contributed by atoms with Gasteiger partial charge in [-0.3, -0.25) is 0 Å². The first-order valence-corrected chi connectivity index (χ1v) is 26.3. The minimum Gasteiger partial charge on any atom is -0.493 e. The molecule has 0 radical (unpaired) electrons. The van der Waals surface area contributed by atoms with Crippen LogP contribution in [0.1, 0.15) is 105 Å². The summed E-state index contributed by atoms with van der Waals surface area (Å²) in [6.45, 7) is 7.11. The maximum Gasteiger partial charge on any atom is 0.148 e. The van der Waals surface area contributed by atoms with E-state index in [2.05, 4.69) is 260 Å². The van der Waals surface area contributed by atoms with Crippen molar-refractivity contribution in [1.82, 2.24) is 0 Å². The summed E-state index contributed by atoms with van der Waals surface area (Å²) in [5.74, 6) is 27.2. The first-order valence-electron chi connectivity index (χ1n) is 26.3. The van der Waals surface area contributed by atoms with Gasteiger partial charge in [-0.2, -0.15) is 0 Å². The Morgan fingerprint density at radius 1 is 0.395 bits per heavy atom. The Balaban J connectivity index is 1.19. The number of ether oxygens (including phenoxy) is 2. The molecule has 76 heavy (non-hydrogen) atoms. The first kappa shape index (κ1) is 54.4. The number of para-hydroxylation sites is 2. The molecule has 0 aliphatic rings. The molecule has 0 aliphatic heterocycles. The molecule has 0 N–H and O–H groups in total. The van der Waals surface area contributed by atoms with Crippen molar-refractivity contribution >= 4 is 58.4 Å². The SMILES string of the molecule is C#CC#CC#CC#CC#CC#COc1cc(C=Cc2ccc(N(c3ccccc3)c3cccc(C)c3)cc2)c(OCCCCCCCCCCCC)cc1C=Cc1ccc(N(c2ccccc2)c2cccc(C)c2)cc1. The molecule has 0 amide bonds. The van der Waals surface area contributed by atoms with Crippen molar-refractivity contribution in [3.63, 3.8) is 0 Å². The van der Waals surface area contributed by atoms with Crippen molar-refractivity contribution in [2.24, 2.45) is 0 Å². The molecule has 0 saturated carbocycles. The summed E-state index contributed by atoms with van der Waals surface area (Å²) in [6, 6.07) is 59.3. The fourth-order valence-corrected chi connectivity index (χ4v) is 8.62. The molecule has 7 rings (SSSR count). The summed E-state index contributed by atoms with van der Waals surface area (Å²) in [6.07, 6.45) is 28.8. The smallest absolute Gasteiger partial charge is 0.148 e. The third kappa shape index (κ3) is 17.4. The van der Waals surface area contributed by atoms with E-state index in [1.807, 2.05) is 30.3 Å². The van der Waals surface area contributed by atoms with E-state index in [0.29, 0.717) is 12.4 Å². The molecule has 7 aromatic rings. The zero-order valence-electron chi connectivity index (χ0n) is 44.0. The molecule has 0 aromatic heterocycles. The number of terminal acetylenes is 1. The molecule has 7 aromatic carbocycles. The molecular weight excluding hydrogens is 925 g/mol. The van der Waals surface area contributed by atoms with Crippen LogP contribution in [0.25, 0.3) is 24.3 Å². The highest BCUT2D eigenvalue weighted by Crippen LogP contribution is 2.38. The van der Waals surface area contributed by atoms with Crippen molar-refractivity contribution in [2.75, 3.05) is 16.4 Å². The van der Waals surface area contributed by atoms with Crippen molar-refractivity contribution < 1.29 is 9.47 Å². The van der Waals surface area contributed by atoms with E-state index in [4.69, 9.17) is 15.9 Å². The van der Waals surface area contributed by atoms with Gasteiger partial charge in [0.05, 0.1) is 6.61 Å². The lowest BCUT2D eigenvalue weighted by Gasteiger charge is -2.25. The highest BCUT2D eigenvalue weighted by atomic mass is 16.5. The van der Waals surface area contributed by atoms with Crippen LogP contribution in [-0.4, -0.2) is 6.61 Å². The standard InChI is InChI=1S/C72H64N2O2/c1-5-7-9-11-13-15-17-19-21-29-53-75-71-57-64(48-42-62-45-51-68(52-46-62)74(66-37-27-24-28-38-66)70-40-32-34-60(4)56-70)72(76-54-30-22-20-18-16-14-12-10-8-6-2)58-63(71)47-41-61-43-49-67(50-44-61)73(65-35-25-23-26-36-65)69-39-31-33-59(3)55-69/h1,23-28,31-52,55-58H,6,8,10,12,14,16,18,20,22,30,54H2,2-4H3. The van der Waals surface area contributed by atoms with Crippen LogP contribution in [0.5, 0.6) is 11.5 Å². The van der Waals surface area contributed by atoms with Gasteiger partial charge in [0.25, 0.3) is 0 Å². The Labute approximate surface area is 453 Å². The summed E-state index contributed by atoms with van der Waals surface area (Å²) in [5.41, 5.74) is 12.6. The molecule has 0 unspecified atom stereocenters. The van der Waals surface area contributed by atoms with Crippen LogP contribution in [0.2, 0.25) is 0 Å². The van der Waals surface area contributed by atoms with Crippen LogP contribution in [0, 0.1) is 85.6 Å². The van der Waals surface area contributed by atoms with Gasteiger partial charge in [-0.15, -0.1) is 6.42 Å². The summed E-state index contributed by atoms with van der Waals surface area (Å²) < 4.78 is 12.9. The molecule has 0 spiro atoms. The Morgan fingerprint density at radius 3 is 1.28 bits per heavy atom. The second-order valence-corrected chi connectivity index (χ2v) is 18.3. The summed E-state index contributed by atoms with van der Waals surface area (Å²) >= 11 is 0. The minimum atomic E-state index is 0.554. The van der Waals surface area contributed by atoms with Gasteiger partial charge in [-0.25, -0.2) is 0 Å². The monoisotopic (exact) mass is 988 g/mol. The van der Waals surface area contributed by atoms with Crippen molar-refractivity contribution in [1.29, 1.82) is 0 Å². The second-order valence-electron chi connectivity index (χ2n) is 18.3. The topological polar surface area (TPSA) is 24.9 Å². The van der Waals surface area contributed by atoms with E-state index < -0.39 is 0 Å². The predicted octanol–water partition coefficient (Wildman–Crippen LogP) is 17.9. The summed E-state index contributed by atoms with van der Waals surface area (Å²) in [4.78, 5) is 4.55. The quantitative estimate of drug-likeness (QED) is 0.0362. The lowest BCUT2D eigenvalue weighted by molar-refractivity contribution is 0.303. The summed E-state index contributed by atoms with van der Waals surface area (Å²) in [7, 11) is 0. The van der Waals surface area contributed by atoms with Gasteiger partial charge in [-0.05, 0) is 157 Å². The van der Waals surface area contributed by atoms with Gasteiger partial charge in [-0.1, -0.05) is 174 Å². The fourth-order valence-electron chi connectivity index (χ4n) is 8.62. The lowest BCUT2D eigenvalue weighted by Crippen LogP contribution is -2.09. The zero-order chi connectivity index (χ0) is 52.8. The summed E-state index contributed by atoms with van der Waals surface area (Å²) in [5, 5.41) is 0. The number of hydrogen-bond donors (Lipinski definition) is 0. The molecule has 0 bridgehead atoms. The van der Waals surface area contributed by atoms with Gasteiger partial charge < -0.3 is 19.3 Å². The van der Waals surface area contributed by atoms with Crippen LogP contribution >= 0.6 is 0 Å². The minimum absolute atomic E-state index is 0.554.